The number of sulfonamides is 1. The van der Waals surface area contributed by atoms with Crippen molar-refractivity contribution >= 4 is 64.2 Å². The lowest BCUT2D eigenvalue weighted by atomic mass is 9.79. The summed E-state index contributed by atoms with van der Waals surface area (Å²) < 4.78 is 76.2. The second-order valence-corrected chi connectivity index (χ2v) is 27.6. The number of anilines is 2. The lowest BCUT2D eigenvalue weighted by Gasteiger charge is -2.40. The number of piperidine rings is 1. The highest BCUT2D eigenvalue weighted by molar-refractivity contribution is 7.93. The number of ketones is 2. The summed E-state index contributed by atoms with van der Waals surface area (Å²) >= 11 is 6.01. The minimum Gasteiger partial charge on any atom is -0.385 e. The Labute approximate surface area is 416 Å². The summed E-state index contributed by atoms with van der Waals surface area (Å²) in [6, 6.07) is 28.8. The number of Topliss-reactive ketones (excluding diaryl/α,β-unsaturated/α-hetero) is 2. The third-order valence-corrected chi connectivity index (χ3v) is 21.0. The Balaban J connectivity index is 0.000000229. The van der Waals surface area contributed by atoms with E-state index in [0.29, 0.717) is 36.4 Å². The van der Waals surface area contributed by atoms with Crippen LogP contribution >= 0.6 is 11.6 Å². The van der Waals surface area contributed by atoms with E-state index < -0.39 is 35.3 Å². The van der Waals surface area contributed by atoms with Gasteiger partial charge in [0.1, 0.15) is 11.6 Å². The molecule has 0 spiro atoms. The molecule has 7 rings (SSSR count). The molecule has 3 aliphatic rings. The fourth-order valence-electron chi connectivity index (χ4n) is 9.78. The molecule has 0 unspecified atom stereocenters. The summed E-state index contributed by atoms with van der Waals surface area (Å²) in [5.41, 5.74) is 4.66. The summed E-state index contributed by atoms with van der Waals surface area (Å²) in [5, 5.41) is 11.2. The van der Waals surface area contributed by atoms with Gasteiger partial charge in [-0.15, -0.1) is 0 Å². The van der Waals surface area contributed by atoms with Crippen molar-refractivity contribution in [1.82, 2.24) is 0 Å². The molecule has 0 atom stereocenters. The first-order valence-corrected chi connectivity index (χ1v) is 29.8. The van der Waals surface area contributed by atoms with Crippen molar-refractivity contribution in [3.05, 3.63) is 124 Å². The number of hydrogen-bond donors (Lipinski definition) is 2. The minimum atomic E-state index is -3.65. The average Bonchev–Trinajstić information content (AvgIpc) is 3.31. The molecule has 0 bridgehead atoms. The van der Waals surface area contributed by atoms with Crippen LogP contribution in [0, 0.1) is 30.6 Å². The Hall–Kier alpha value is -4.08. The molecule has 2 aliphatic carbocycles. The summed E-state index contributed by atoms with van der Waals surface area (Å²) in [5.74, 6) is 1.21. The van der Waals surface area contributed by atoms with Crippen LogP contribution in [0.4, 0.5) is 11.4 Å². The molecule has 3 fully saturated rings. The van der Waals surface area contributed by atoms with Gasteiger partial charge in [-0.2, -0.15) is 0 Å². The number of carbonyl (C=O) groups is 2. The molecular weight excluding hydrogens is 952 g/mol. The molecule has 0 radical (unpaired) electrons. The van der Waals surface area contributed by atoms with Crippen molar-refractivity contribution in [2.75, 3.05) is 34.2 Å². The first-order chi connectivity index (χ1) is 32.5. The van der Waals surface area contributed by atoms with Crippen LogP contribution in [-0.4, -0.2) is 77.0 Å². The second-order valence-electron chi connectivity index (χ2n) is 20.2. The van der Waals surface area contributed by atoms with Crippen molar-refractivity contribution in [2.45, 2.75) is 133 Å². The van der Waals surface area contributed by atoms with Gasteiger partial charge in [0.25, 0.3) is 10.0 Å². The van der Waals surface area contributed by atoms with E-state index in [1.54, 1.807) is 70.2 Å². The molecule has 69 heavy (non-hydrogen) atoms. The van der Waals surface area contributed by atoms with Crippen LogP contribution in [-0.2, 0) is 57.7 Å². The van der Waals surface area contributed by atoms with Gasteiger partial charge in [0.05, 0.1) is 32.5 Å². The van der Waals surface area contributed by atoms with Gasteiger partial charge >= 0.3 is 0 Å². The summed E-state index contributed by atoms with van der Waals surface area (Å²) in [6.07, 6.45) is 8.23. The van der Waals surface area contributed by atoms with E-state index in [1.807, 2.05) is 24.3 Å². The third kappa shape index (κ3) is 15.0. The van der Waals surface area contributed by atoms with Crippen LogP contribution in [0.15, 0.2) is 102 Å². The maximum absolute atomic E-state index is 13.1. The highest BCUT2D eigenvalue weighted by Gasteiger charge is 2.35. The number of sulfone groups is 2. The Morgan fingerprint density at radius 3 is 1.64 bits per heavy atom. The Bertz CT molecular complexity index is 2690. The molecule has 1 aliphatic heterocycles. The normalized spacial score (nSPS) is 21.0. The lowest BCUT2D eigenvalue weighted by molar-refractivity contribution is -0.124. The summed E-state index contributed by atoms with van der Waals surface area (Å²) in [7, 11) is -9.74. The quantitative estimate of drug-likeness (QED) is 0.104. The van der Waals surface area contributed by atoms with Gasteiger partial charge in [-0.1, -0.05) is 60.1 Å². The number of carbonyl (C=O) groups excluding carboxylic acids is 2. The first-order valence-electron chi connectivity index (χ1n) is 24.5. The van der Waals surface area contributed by atoms with Crippen molar-refractivity contribution in [3.8, 4) is 0 Å². The van der Waals surface area contributed by atoms with Gasteiger partial charge in [0, 0.05) is 54.2 Å². The van der Waals surface area contributed by atoms with Gasteiger partial charge in [0.2, 0.25) is 0 Å². The number of nitrogens with one attached hydrogen (secondary N) is 1. The molecule has 15 heteroatoms. The van der Waals surface area contributed by atoms with Crippen LogP contribution in [0.5, 0.6) is 0 Å². The van der Waals surface area contributed by atoms with E-state index in [4.69, 9.17) is 11.6 Å². The smallest absolute Gasteiger partial charge is 0.261 e. The molecular formula is C54H71ClN2O9S3. The Morgan fingerprint density at radius 2 is 1.16 bits per heavy atom. The lowest BCUT2D eigenvalue weighted by Crippen LogP contribution is -2.42. The zero-order chi connectivity index (χ0) is 50.1. The van der Waals surface area contributed by atoms with Crippen LogP contribution in [0.1, 0.15) is 114 Å². The van der Waals surface area contributed by atoms with Gasteiger partial charge in [-0.3, -0.25) is 14.3 Å². The molecule has 2 N–H and O–H groups in total. The van der Waals surface area contributed by atoms with E-state index in [-0.39, 0.29) is 62.1 Å². The predicted molar refractivity (Wildman–Crippen MR) is 278 cm³/mol. The highest BCUT2D eigenvalue weighted by Crippen LogP contribution is 2.37. The van der Waals surface area contributed by atoms with E-state index in [0.717, 1.165) is 92.4 Å². The molecule has 1 heterocycles. The summed E-state index contributed by atoms with van der Waals surface area (Å²) in [4.78, 5) is 28.3. The predicted octanol–water partition coefficient (Wildman–Crippen LogP) is 10.1. The van der Waals surface area contributed by atoms with E-state index in [9.17, 15) is 39.9 Å². The zero-order valence-electron chi connectivity index (χ0n) is 40.8. The maximum atomic E-state index is 13.1. The molecule has 4 aromatic carbocycles. The third-order valence-electron chi connectivity index (χ3n) is 14.6. The van der Waals surface area contributed by atoms with Crippen molar-refractivity contribution in [1.29, 1.82) is 0 Å². The number of halogens is 1. The SMILES string of the molecule is CC(C)S(=O)(=O)CC1CCC(C(=O)Cc2ccc(NS(=O)(=O)c3ccccc3)cc2)CC1.Cc1cc(N2CCC(O)(c3ccc(Cl)cc3)CC2)ccc1CC(=O)C1CCC(CS(=O)(=O)C(C)C)CC1. The van der Waals surface area contributed by atoms with E-state index in [1.165, 1.54) is 12.1 Å². The average molecular weight is 1020 g/mol. The van der Waals surface area contributed by atoms with Crippen LogP contribution < -0.4 is 9.62 Å². The fraction of sp³-hybridized carbons (Fsp3) is 0.519. The van der Waals surface area contributed by atoms with E-state index in [2.05, 4.69) is 34.7 Å². The standard InChI is InChI=1S/C30H40ClNO4S.C24H31NO5S2/c1-21(2)37(35,36)20-23-4-6-24(7-5-23)29(33)19-25-8-13-28(18-22(25)3)32-16-14-30(34,15-17-32)26-9-11-27(31)12-10-26;1-18(2)31(27,28)17-20-8-12-21(13-9-20)24(26)16-19-10-14-22(15-11-19)25-32(29,30)23-6-4-3-5-7-23/h8-13,18,21,23-24,34H,4-7,14-17,19-20H2,1-3H3;3-7,10-11,14-15,18,20-21,25H,8-9,12-13,16-17H2,1-2H3. The van der Waals surface area contributed by atoms with Crippen LogP contribution in [0.25, 0.3) is 0 Å². The molecule has 376 valence electrons. The second kappa shape index (κ2) is 23.4. The van der Waals surface area contributed by atoms with Crippen molar-refractivity contribution < 1.29 is 39.9 Å². The monoisotopic (exact) mass is 1020 g/mol. The van der Waals surface area contributed by atoms with Crippen LogP contribution in [0.3, 0.4) is 0 Å². The van der Waals surface area contributed by atoms with Gasteiger partial charge in [-0.25, -0.2) is 25.3 Å². The number of benzene rings is 4. The molecule has 0 aromatic heterocycles. The Kier molecular flexibility index (Phi) is 18.4. The number of rotatable bonds is 17. The first kappa shape index (κ1) is 54.3. The highest BCUT2D eigenvalue weighted by atomic mass is 35.5. The summed E-state index contributed by atoms with van der Waals surface area (Å²) in [6.45, 7) is 10.5. The maximum Gasteiger partial charge on any atom is 0.261 e. The number of aryl methyl sites for hydroxylation is 1. The topological polar surface area (TPSA) is 172 Å². The molecule has 4 aromatic rings. The Morgan fingerprint density at radius 1 is 0.667 bits per heavy atom. The number of aliphatic hydroxyl groups is 1. The van der Waals surface area contributed by atoms with Crippen LogP contribution in [0.2, 0.25) is 5.02 Å². The van der Waals surface area contributed by atoms with Gasteiger partial charge in [0.15, 0.2) is 19.7 Å². The number of hydrogen-bond acceptors (Lipinski definition) is 10. The molecule has 1 saturated heterocycles. The zero-order valence-corrected chi connectivity index (χ0v) is 44.0. The van der Waals surface area contributed by atoms with E-state index >= 15 is 0 Å². The van der Waals surface area contributed by atoms with Crippen molar-refractivity contribution in [3.63, 3.8) is 0 Å². The van der Waals surface area contributed by atoms with Gasteiger partial charge in [-0.05, 0) is 181 Å². The van der Waals surface area contributed by atoms with Gasteiger partial charge < -0.3 is 10.0 Å². The fourth-order valence-corrected chi connectivity index (χ4v) is 13.7. The molecule has 2 saturated carbocycles. The number of nitrogens with zero attached hydrogens (tertiary/aromatic N) is 1. The molecule has 0 amide bonds. The minimum absolute atomic E-state index is 0.0321. The van der Waals surface area contributed by atoms with Crippen molar-refractivity contribution in [2.24, 2.45) is 23.7 Å². The molecule has 11 nitrogen and oxygen atoms in total. The largest absolute Gasteiger partial charge is 0.385 e.